The number of anilines is 6. The lowest BCUT2D eigenvalue weighted by Gasteiger charge is -2.45. The largest absolute Gasteiger partial charge is 0.456 e. The summed E-state index contributed by atoms with van der Waals surface area (Å²) in [5, 5.41) is 5.59. The van der Waals surface area contributed by atoms with Crippen molar-refractivity contribution in [3.8, 4) is 16.8 Å². The van der Waals surface area contributed by atoms with Gasteiger partial charge in [-0.3, -0.25) is 0 Å². The number of hydrogen-bond donors (Lipinski definition) is 0. The number of fused-ring (bicyclic) bond motifs is 17. The molecule has 6 heteroatoms. The number of rotatable bonds is 4. The molecule has 0 N–H and O–H groups in total. The molecule has 0 spiro atoms. The summed E-state index contributed by atoms with van der Waals surface area (Å²) in [4.78, 5) is 3.96. The molecule has 400 valence electrons. The molecule has 1 aliphatic carbocycles. The predicted molar refractivity (Wildman–Crippen MR) is 347 cm³/mol. The van der Waals surface area contributed by atoms with Crippen molar-refractivity contribution in [3.05, 3.63) is 216 Å². The van der Waals surface area contributed by atoms with Gasteiger partial charge in [0.15, 0.2) is 5.58 Å². The molecule has 3 aliphatic rings. The molecule has 13 aromatic rings. The Morgan fingerprint density at radius 3 is 1.63 bits per heavy atom. The lowest BCUT2D eigenvalue weighted by molar-refractivity contribution is 0.332. The van der Waals surface area contributed by atoms with E-state index in [9.17, 15) is 8.22 Å². The van der Waals surface area contributed by atoms with Crippen molar-refractivity contribution in [2.75, 3.05) is 9.80 Å². The third-order valence-corrected chi connectivity index (χ3v) is 18.5. The molecule has 0 bridgehead atoms. The summed E-state index contributed by atoms with van der Waals surface area (Å²) in [6.45, 7) is 21.7. The van der Waals surface area contributed by atoms with E-state index in [1.54, 1.807) is 11.0 Å². The fourth-order valence-corrected chi connectivity index (χ4v) is 14.1. The van der Waals surface area contributed by atoms with Crippen molar-refractivity contribution in [3.63, 3.8) is 0 Å². The van der Waals surface area contributed by atoms with Crippen molar-refractivity contribution < 1.29 is 22.5 Å². The summed E-state index contributed by atoms with van der Waals surface area (Å²) in [5.41, 5.74) is 14.2. The van der Waals surface area contributed by atoms with Gasteiger partial charge in [-0.1, -0.05) is 178 Å². The van der Waals surface area contributed by atoms with E-state index in [1.165, 1.54) is 22.3 Å². The minimum Gasteiger partial charge on any atom is -0.456 e. The topological polar surface area (TPSA) is 37.7 Å². The molecular formula is C76H66BN3O2. The molecule has 2 aliphatic heterocycles. The Hall–Kier alpha value is -8.74. The number of furan rings is 2. The van der Waals surface area contributed by atoms with Crippen molar-refractivity contribution in [1.82, 2.24) is 4.57 Å². The van der Waals surface area contributed by atoms with Gasteiger partial charge in [0.1, 0.15) is 16.7 Å². The summed E-state index contributed by atoms with van der Waals surface area (Å²) < 4.78 is 111. The highest BCUT2D eigenvalue weighted by molar-refractivity contribution is 7.02. The molecule has 82 heavy (non-hydrogen) atoms. The normalized spacial score (nSPS) is 17.2. The van der Waals surface area contributed by atoms with Crippen LogP contribution in [0.5, 0.6) is 0 Å². The highest BCUT2D eigenvalue weighted by Crippen LogP contribution is 2.54. The molecule has 5 nitrogen and oxygen atoms in total. The van der Waals surface area contributed by atoms with Crippen molar-refractivity contribution in [1.29, 1.82) is 0 Å². The van der Waals surface area contributed by atoms with Crippen LogP contribution in [0.4, 0.5) is 34.1 Å². The van der Waals surface area contributed by atoms with E-state index in [4.69, 9.17) is 14.3 Å². The van der Waals surface area contributed by atoms with Crippen molar-refractivity contribution in [2.24, 2.45) is 0 Å². The van der Waals surface area contributed by atoms with Crippen LogP contribution < -0.4 is 26.2 Å². The van der Waals surface area contributed by atoms with Crippen LogP contribution in [0.25, 0.3) is 82.5 Å². The zero-order valence-corrected chi connectivity index (χ0v) is 47.9. The molecule has 0 atom stereocenters. The van der Waals surface area contributed by atoms with Gasteiger partial charge in [0.25, 0.3) is 6.71 Å². The second kappa shape index (κ2) is 16.9. The van der Waals surface area contributed by atoms with Gasteiger partial charge in [0.2, 0.25) is 0 Å². The van der Waals surface area contributed by atoms with E-state index in [0.717, 1.165) is 78.5 Å². The Morgan fingerprint density at radius 2 is 1.01 bits per heavy atom. The lowest BCUT2D eigenvalue weighted by atomic mass is 9.33. The van der Waals surface area contributed by atoms with Gasteiger partial charge in [-0.05, 0) is 164 Å². The summed E-state index contributed by atoms with van der Waals surface area (Å²) >= 11 is 0. The lowest BCUT2D eigenvalue weighted by Crippen LogP contribution is -2.61. The van der Waals surface area contributed by atoms with Gasteiger partial charge < -0.3 is 23.2 Å². The standard InChI is InChI=1S/C76H66BN3O2/c1-73(2,3)47-29-35-59-54(41-47)55-42-48(74(4,5)6)30-36-60(55)79(59)51-32-34-58-61(44-51)78(49-23-15-12-16-24-49)62-39-46(45-21-13-11-14-22-45)40-63-68(62)77(58)69-70(80(63)50-31-33-56-57(43-50)76(9,10)38-37-75(56,7)8)72-67(53-26-18-20-28-65(53)82-72)66-52-25-17-19-27-64(52)81-71(66)69/h11-36,39-44H,37-38H2,1-10H3/i11D,12D,13D,14D,15D,16D,21D,22D,23D,24D. The van der Waals surface area contributed by atoms with Crippen LogP contribution in [0.15, 0.2) is 203 Å². The van der Waals surface area contributed by atoms with Gasteiger partial charge in [0, 0.05) is 71.9 Å². The summed E-state index contributed by atoms with van der Waals surface area (Å²) in [5.74, 6) is 0. The van der Waals surface area contributed by atoms with Gasteiger partial charge in [-0.15, -0.1) is 0 Å². The van der Waals surface area contributed by atoms with Gasteiger partial charge in [-0.2, -0.15) is 0 Å². The molecule has 0 saturated carbocycles. The first kappa shape index (κ1) is 39.6. The zero-order valence-electron chi connectivity index (χ0n) is 57.9. The van der Waals surface area contributed by atoms with Gasteiger partial charge in [0.05, 0.1) is 30.4 Å². The van der Waals surface area contributed by atoms with E-state index in [-0.39, 0.29) is 38.5 Å². The highest BCUT2D eigenvalue weighted by atomic mass is 16.3. The minimum atomic E-state index is -0.763. The fourth-order valence-electron chi connectivity index (χ4n) is 14.1. The van der Waals surface area contributed by atoms with Crippen LogP contribution in [0.3, 0.4) is 0 Å². The number of para-hydroxylation sites is 3. The van der Waals surface area contributed by atoms with Crippen LogP contribution in [0.2, 0.25) is 0 Å². The van der Waals surface area contributed by atoms with Crippen molar-refractivity contribution >= 4 is 123 Å². The molecule has 0 fully saturated rings. The molecular weight excluding hydrogens is 998 g/mol. The maximum absolute atomic E-state index is 10.0. The Balaban J connectivity index is 1.12. The first-order chi connectivity index (χ1) is 43.6. The Morgan fingerprint density at radius 1 is 0.463 bits per heavy atom. The highest BCUT2D eigenvalue weighted by Gasteiger charge is 2.48. The average molecular weight is 1070 g/mol. The van der Waals surface area contributed by atoms with Crippen LogP contribution >= 0.6 is 0 Å². The van der Waals surface area contributed by atoms with Gasteiger partial charge >= 0.3 is 0 Å². The third-order valence-electron chi connectivity index (χ3n) is 18.5. The number of benzene rings is 10. The smallest absolute Gasteiger partial charge is 0.257 e. The van der Waals surface area contributed by atoms with E-state index < -0.39 is 67.1 Å². The SMILES string of the molecule is [2H]c1c([2H])c([2H])c(-c2cc3c4c(c2)N(c2ccc5c(c2)C(C)(C)CCC5(C)C)c2c(c5oc6ccccc6c5c5c2oc2ccccc25)B4c2ccc(-n4c5ccc(C(C)(C)C)cc5c5cc(C(C)(C)C)ccc54)cc2N3c2c([2H])c([2H])c([2H])c([2H])c2[2H])c([2H])c1[2H]. The zero-order chi connectivity index (χ0) is 64.6. The minimum absolute atomic E-state index is 0.0672. The Bertz CT molecular complexity index is 5360. The molecule has 16 rings (SSSR count). The van der Waals surface area contributed by atoms with Crippen LogP contribution in [-0.4, -0.2) is 11.3 Å². The second-order valence-electron chi connectivity index (χ2n) is 26.4. The van der Waals surface area contributed by atoms with E-state index in [2.05, 4.69) is 164 Å². The predicted octanol–water partition coefficient (Wildman–Crippen LogP) is 19.3. The molecule has 5 heterocycles. The van der Waals surface area contributed by atoms with Crippen LogP contribution in [0, 0.1) is 0 Å². The molecule has 0 radical (unpaired) electrons. The molecule has 0 amide bonds. The summed E-state index contributed by atoms with van der Waals surface area (Å²) in [6.07, 6.45) is 1.91. The molecule has 3 aromatic heterocycles. The average Bonchev–Trinajstić information content (AvgIpc) is 1.01. The fraction of sp³-hybridized carbons (Fsp3) is 0.211. The van der Waals surface area contributed by atoms with E-state index in [0.29, 0.717) is 50.5 Å². The van der Waals surface area contributed by atoms with E-state index in [1.807, 2.05) is 42.5 Å². The second-order valence-corrected chi connectivity index (χ2v) is 26.4. The first-order valence-electron chi connectivity index (χ1n) is 33.7. The van der Waals surface area contributed by atoms with Crippen LogP contribution in [-0.2, 0) is 21.7 Å². The third kappa shape index (κ3) is 7.00. The maximum atomic E-state index is 10.0. The first-order valence-corrected chi connectivity index (χ1v) is 28.7. The summed E-state index contributed by atoms with van der Waals surface area (Å²) in [7, 11) is 0. The molecule has 0 saturated heterocycles. The monoisotopic (exact) mass is 1070 g/mol. The van der Waals surface area contributed by atoms with Gasteiger partial charge in [-0.25, -0.2) is 0 Å². The number of nitrogens with zero attached hydrogens (tertiary/aromatic N) is 3. The number of hydrogen-bond acceptors (Lipinski definition) is 4. The number of aromatic nitrogens is 1. The molecule has 10 aromatic carbocycles. The van der Waals surface area contributed by atoms with Crippen LogP contribution in [0.1, 0.15) is 118 Å². The quantitative estimate of drug-likeness (QED) is 0.165. The van der Waals surface area contributed by atoms with Crippen molar-refractivity contribution in [2.45, 2.75) is 104 Å². The summed E-state index contributed by atoms with van der Waals surface area (Å²) in [6, 6.07) is 41.1. The Labute approximate surface area is 494 Å². The maximum Gasteiger partial charge on any atom is 0.257 e. The molecule has 0 unspecified atom stereocenters. The Kier molecular flexibility index (Phi) is 8.18. The van der Waals surface area contributed by atoms with E-state index >= 15 is 0 Å².